The van der Waals surface area contributed by atoms with Crippen molar-refractivity contribution >= 4 is 23.1 Å². The molecule has 0 aliphatic rings. The number of anilines is 2. The molecule has 1 heterocycles. The van der Waals surface area contributed by atoms with Gasteiger partial charge in [0.2, 0.25) is 0 Å². The van der Waals surface area contributed by atoms with Gasteiger partial charge in [-0.05, 0) is 30.7 Å². The van der Waals surface area contributed by atoms with Crippen molar-refractivity contribution < 1.29 is 4.39 Å². The Balaban J connectivity index is 2.29. The summed E-state index contributed by atoms with van der Waals surface area (Å²) in [6, 6.07) is 6.45. The van der Waals surface area contributed by atoms with Crippen LogP contribution in [0.25, 0.3) is 0 Å². The smallest absolute Gasteiger partial charge is 0.135 e. The molecule has 0 saturated carbocycles. The fourth-order valence-corrected chi connectivity index (χ4v) is 1.82. The summed E-state index contributed by atoms with van der Waals surface area (Å²) < 4.78 is 13.2. The largest absolute Gasteiger partial charge is 0.340 e. The van der Waals surface area contributed by atoms with Gasteiger partial charge < -0.3 is 5.32 Å². The van der Waals surface area contributed by atoms with Crippen molar-refractivity contribution in [3.05, 3.63) is 46.6 Å². The molecule has 0 bridgehead atoms. The number of aromatic nitrogens is 2. The number of nitrogens with zero attached hydrogens (tertiary/aromatic N) is 2. The van der Waals surface area contributed by atoms with E-state index >= 15 is 0 Å². The highest BCUT2D eigenvalue weighted by atomic mass is 35.5. The average Bonchev–Trinajstić information content (AvgIpc) is 2.33. The monoisotopic (exact) mass is 279 g/mol. The maximum atomic E-state index is 13.2. The first kappa shape index (κ1) is 13.7. The summed E-state index contributed by atoms with van der Waals surface area (Å²) in [4.78, 5) is 8.54. The molecule has 0 amide bonds. The van der Waals surface area contributed by atoms with E-state index in [0.717, 1.165) is 5.69 Å². The van der Waals surface area contributed by atoms with Crippen LogP contribution in [0, 0.1) is 12.7 Å². The van der Waals surface area contributed by atoms with Crippen LogP contribution in [0.3, 0.4) is 0 Å². The first-order valence-electron chi connectivity index (χ1n) is 6.03. The number of halogens is 2. The zero-order valence-corrected chi connectivity index (χ0v) is 11.8. The van der Waals surface area contributed by atoms with Gasteiger partial charge in [0.15, 0.2) is 0 Å². The molecule has 0 aliphatic heterocycles. The summed E-state index contributed by atoms with van der Waals surface area (Å²) in [6.07, 6.45) is 0. The molecule has 5 heteroatoms. The molecule has 0 spiro atoms. The average molecular weight is 280 g/mol. The summed E-state index contributed by atoms with van der Waals surface area (Å²) in [5, 5.41) is 3.49. The second-order valence-corrected chi connectivity index (χ2v) is 5.07. The zero-order valence-electron chi connectivity index (χ0n) is 11.0. The van der Waals surface area contributed by atoms with Crippen LogP contribution in [-0.2, 0) is 0 Å². The van der Waals surface area contributed by atoms with Crippen LogP contribution in [0.4, 0.5) is 15.9 Å². The van der Waals surface area contributed by atoms with E-state index < -0.39 is 0 Å². The Bertz CT molecular complexity index is 599. The Morgan fingerprint density at radius 3 is 2.58 bits per heavy atom. The maximum absolute atomic E-state index is 13.2. The molecule has 0 atom stereocenters. The van der Waals surface area contributed by atoms with Gasteiger partial charge in [-0.2, -0.15) is 0 Å². The highest BCUT2D eigenvalue weighted by Crippen LogP contribution is 2.21. The van der Waals surface area contributed by atoms with Crippen LogP contribution in [0.2, 0.25) is 5.15 Å². The zero-order chi connectivity index (χ0) is 14.0. The summed E-state index contributed by atoms with van der Waals surface area (Å²) in [5.74, 6) is 1.24. The summed E-state index contributed by atoms with van der Waals surface area (Å²) >= 11 is 5.97. The lowest BCUT2D eigenvalue weighted by atomic mass is 10.2. The van der Waals surface area contributed by atoms with Gasteiger partial charge in [0.1, 0.15) is 22.6 Å². The van der Waals surface area contributed by atoms with Gasteiger partial charge in [0.25, 0.3) is 0 Å². The van der Waals surface area contributed by atoms with Crippen LogP contribution in [-0.4, -0.2) is 9.97 Å². The van der Waals surface area contributed by atoms with Crippen molar-refractivity contribution in [3.8, 4) is 0 Å². The van der Waals surface area contributed by atoms with E-state index in [1.807, 2.05) is 13.8 Å². The van der Waals surface area contributed by atoms with Crippen molar-refractivity contribution in [2.24, 2.45) is 0 Å². The van der Waals surface area contributed by atoms with Crippen molar-refractivity contribution in [2.45, 2.75) is 26.7 Å². The predicted octanol–water partition coefficient (Wildman–Crippen LogP) is 4.44. The van der Waals surface area contributed by atoms with Gasteiger partial charge in [-0.3, -0.25) is 0 Å². The summed E-state index contributed by atoms with van der Waals surface area (Å²) in [7, 11) is 0. The molecule has 1 aromatic carbocycles. The lowest BCUT2D eigenvalue weighted by Crippen LogP contribution is -2.02. The van der Waals surface area contributed by atoms with Crippen molar-refractivity contribution in [2.75, 3.05) is 5.32 Å². The number of benzene rings is 1. The third-order valence-corrected chi connectivity index (χ3v) is 2.85. The van der Waals surface area contributed by atoms with Gasteiger partial charge in [-0.15, -0.1) is 0 Å². The Labute approximate surface area is 116 Å². The fourth-order valence-electron chi connectivity index (χ4n) is 1.63. The van der Waals surface area contributed by atoms with E-state index in [9.17, 15) is 4.39 Å². The molecule has 1 N–H and O–H groups in total. The van der Waals surface area contributed by atoms with E-state index in [2.05, 4.69) is 15.3 Å². The van der Waals surface area contributed by atoms with Gasteiger partial charge in [-0.25, -0.2) is 14.4 Å². The molecule has 100 valence electrons. The van der Waals surface area contributed by atoms with E-state index in [-0.39, 0.29) is 11.7 Å². The molecule has 0 aliphatic carbocycles. The van der Waals surface area contributed by atoms with E-state index in [1.54, 1.807) is 25.1 Å². The molecule has 0 radical (unpaired) electrons. The maximum Gasteiger partial charge on any atom is 0.135 e. The fraction of sp³-hybridized carbons (Fsp3) is 0.286. The molecular weight excluding hydrogens is 265 g/mol. The Morgan fingerprint density at radius 1 is 1.21 bits per heavy atom. The minimum atomic E-state index is -0.228. The number of hydrogen-bond acceptors (Lipinski definition) is 3. The molecule has 0 unspecified atom stereocenters. The topological polar surface area (TPSA) is 37.8 Å². The number of rotatable bonds is 3. The lowest BCUT2D eigenvalue weighted by molar-refractivity contribution is 0.619. The SMILES string of the molecule is Cc1cc(Nc2cc(Cl)nc(C(C)C)n2)ccc1F. The Hall–Kier alpha value is -1.68. The van der Waals surface area contributed by atoms with Crippen LogP contribution < -0.4 is 5.32 Å². The molecule has 19 heavy (non-hydrogen) atoms. The molecule has 2 aromatic rings. The van der Waals surface area contributed by atoms with Crippen molar-refractivity contribution in [1.29, 1.82) is 0 Å². The predicted molar refractivity (Wildman–Crippen MR) is 75.6 cm³/mol. The normalized spacial score (nSPS) is 10.8. The van der Waals surface area contributed by atoms with Crippen molar-refractivity contribution in [3.63, 3.8) is 0 Å². The van der Waals surface area contributed by atoms with Crippen LogP contribution >= 0.6 is 11.6 Å². The molecule has 0 fully saturated rings. The molecule has 1 aromatic heterocycles. The molecule has 0 saturated heterocycles. The standard InChI is InChI=1S/C14H15ClFN3/c1-8(2)14-18-12(15)7-13(19-14)17-10-4-5-11(16)9(3)6-10/h4-8H,1-3H3,(H,17,18,19). The van der Waals surface area contributed by atoms with E-state index in [0.29, 0.717) is 22.4 Å². The number of hydrogen-bond donors (Lipinski definition) is 1. The second-order valence-electron chi connectivity index (χ2n) is 4.68. The van der Waals surface area contributed by atoms with Crippen LogP contribution in [0.5, 0.6) is 0 Å². The third kappa shape index (κ3) is 3.41. The highest BCUT2D eigenvalue weighted by molar-refractivity contribution is 6.29. The highest BCUT2D eigenvalue weighted by Gasteiger charge is 2.07. The minimum Gasteiger partial charge on any atom is -0.340 e. The molecule has 3 nitrogen and oxygen atoms in total. The van der Waals surface area contributed by atoms with E-state index in [1.165, 1.54) is 6.07 Å². The Morgan fingerprint density at radius 2 is 1.95 bits per heavy atom. The van der Waals surface area contributed by atoms with Crippen LogP contribution in [0.15, 0.2) is 24.3 Å². The quantitative estimate of drug-likeness (QED) is 0.844. The summed E-state index contributed by atoms with van der Waals surface area (Å²) in [5.41, 5.74) is 1.35. The number of aryl methyl sites for hydroxylation is 1. The minimum absolute atomic E-state index is 0.189. The first-order valence-corrected chi connectivity index (χ1v) is 6.41. The molecular formula is C14H15ClFN3. The van der Waals surface area contributed by atoms with Gasteiger partial charge in [-0.1, -0.05) is 25.4 Å². The Kier molecular flexibility index (Phi) is 4.00. The van der Waals surface area contributed by atoms with E-state index in [4.69, 9.17) is 11.6 Å². The van der Waals surface area contributed by atoms with Crippen molar-refractivity contribution in [1.82, 2.24) is 9.97 Å². The van der Waals surface area contributed by atoms with Gasteiger partial charge >= 0.3 is 0 Å². The molecule has 2 rings (SSSR count). The third-order valence-electron chi connectivity index (χ3n) is 2.66. The lowest BCUT2D eigenvalue weighted by Gasteiger charge is -2.10. The summed E-state index contributed by atoms with van der Waals surface area (Å²) in [6.45, 7) is 5.71. The van der Waals surface area contributed by atoms with Gasteiger partial charge in [0.05, 0.1) is 0 Å². The first-order chi connectivity index (χ1) is 8.95. The second kappa shape index (κ2) is 5.53. The number of nitrogens with one attached hydrogen (secondary N) is 1. The van der Waals surface area contributed by atoms with Gasteiger partial charge in [0, 0.05) is 17.7 Å². The van der Waals surface area contributed by atoms with Crippen LogP contribution in [0.1, 0.15) is 31.2 Å².